The zero-order chi connectivity index (χ0) is 13.9. The normalized spacial score (nSPS) is 22.3. The lowest BCUT2D eigenvalue weighted by Crippen LogP contribution is -2.57. The van der Waals surface area contributed by atoms with Gasteiger partial charge >= 0.3 is 6.18 Å². The maximum absolute atomic E-state index is 12.5. The maximum Gasteiger partial charge on any atom is 0.390 e. The molecule has 0 radical (unpaired) electrons. The molecule has 18 heavy (non-hydrogen) atoms. The molecule has 0 spiro atoms. The van der Waals surface area contributed by atoms with Crippen molar-refractivity contribution in [3.63, 3.8) is 0 Å². The molecule has 1 atom stereocenters. The molecule has 6 heteroatoms. The molecular weight excluding hydrogens is 245 g/mol. The quantitative estimate of drug-likeness (QED) is 0.728. The molecule has 0 aromatic heterocycles. The van der Waals surface area contributed by atoms with Gasteiger partial charge < -0.3 is 4.90 Å². The van der Waals surface area contributed by atoms with E-state index in [4.69, 9.17) is 0 Å². The van der Waals surface area contributed by atoms with Gasteiger partial charge in [0.2, 0.25) is 5.91 Å². The first-order valence-corrected chi connectivity index (χ1v) is 5.98. The molecule has 0 aliphatic carbocycles. The van der Waals surface area contributed by atoms with Gasteiger partial charge in [-0.15, -0.1) is 0 Å². The molecule has 1 unspecified atom stereocenters. The summed E-state index contributed by atoms with van der Waals surface area (Å²) in [6, 6.07) is -0.624. The van der Waals surface area contributed by atoms with Crippen LogP contribution in [-0.2, 0) is 4.79 Å². The third-order valence-electron chi connectivity index (χ3n) is 3.14. The lowest BCUT2D eigenvalue weighted by Gasteiger charge is -2.43. The summed E-state index contributed by atoms with van der Waals surface area (Å²) in [5.74, 6) is -0.300. The Bertz CT molecular complexity index is 315. The number of carbonyl (C=O) groups is 1. The number of amides is 1. The number of hydrogen-bond acceptors (Lipinski definition) is 2. The SMILES string of the molecule is C=CC(=O)N1CCN(C(C)C)C(CC(F)(F)F)C1. The fourth-order valence-electron chi connectivity index (χ4n) is 2.33. The Morgan fingerprint density at radius 2 is 2.06 bits per heavy atom. The van der Waals surface area contributed by atoms with E-state index in [1.165, 1.54) is 4.90 Å². The first-order chi connectivity index (χ1) is 8.24. The Labute approximate surface area is 105 Å². The highest BCUT2D eigenvalue weighted by Crippen LogP contribution is 2.27. The van der Waals surface area contributed by atoms with Crippen LogP contribution in [0.4, 0.5) is 13.2 Å². The van der Waals surface area contributed by atoms with Crippen molar-refractivity contribution >= 4 is 5.91 Å². The summed E-state index contributed by atoms with van der Waals surface area (Å²) in [6.45, 7) is 8.14. The minimum absolute atomic E-state index is 0.0401. The van der Waals surface area contributed by atoms with E-state index in [0.29, 0.717) is 13.1 Å². The summed E-state index contributed by atoms with van der Waals surface area (Å²) in [6.07, 6.45) is -3.94. The van der Waals surface area contributed by atoms with Crippen LogP contribution in [0.5, 0.6) is 0 Å². The number of halogens is 3. The van der Waals surface area contributed by atoms with Crippen LogP contribution in [0.15, 0.2) is 12.7 Å². The summed E-state index contributed by atoms with van der Waals surface area (Å²) in [7, 11) is 0. The highest BCUT2D eigenvalue weighted by atomic mass is 19.4. The van der Waals surface area contributed by atoms with E-state index in [1.807, 2.05) is 13.8 Å². The summed E-state index contributed by atoms with van der Waals surface area (Å²) >= 11 is 0. The van der Waals surface area contributed by atoms with Crippen molar-refractivity contribution in [3.05, 3.63) is 12.7 Å². The number of carbonyl (C=O) groups excluding carboxylic acids is 1. The van der Waals surface area contributed by atoms with Gasteiger partial charge in [-0.3, -0.25) is 9.69 Å². The largest absolute Gasteiger partial charge is 0.390 e. The monoisotopic (exact) mass is 264 g/mol. The standard InChI is InChI=1S/C12H19F3N2O/c1-4-11(18)16-5-6-17(9(2)3)10(8-16)7-12(13,14)15/h4,9-10H,1,5-8H2,2-3H3. The van der Waals surface area contributed by atoms with E-state index < -0.39 is 18.6 Å². The molecule has 1 fully saturated rings. The second kappa shape index (κ2) is 5.73. The molecule has 0 bridgehead atoms. The molecule has 1 rings (SSSR count). The zero-order valence-electron chi connectivity index (χ0n) is 10.7. The van der Waals surface area contributed by atoms with Crippen LogP contribution >= 0.6 is 0 Å². The molecule has 1 aliphatic rings. The van der Waals surface area contributed by atoms with E-state index in [2.05, 4.69) is 6.58 Å². The van der Waals surface area contributed by atoms with Crippen molar-refractivity contribution < 1.29 is 18.0 Å². The molecule has 0 aromatic rings. The van der Waals surface area contributed by atoms with Crippen molar-refractivity contribution in [2.75, 3.05) is 19.6 Å². The average Bonchev–Trinajstić information content (AvgIpc) is 2.25. The number of alkyl halides is 3. The number of rotatable bonds is 3. The van der Waals surface area contributed by atoms with E-state index in [-0.39, 0.29) is 18.5 Å². The molecule has 1 saturated heterocycles. The molecule has 0 aromatic carbocycles. The van der Waals surface area contributed by atoms with Crippen LogP contribution in [0.25, 0.3) is 0 Å². The zero-order valence-corrected chi connectivity index (χ0v) is 10.7. The van der Waals surface area contributed by atoms with Gasteiger partial charge in [0, 0.05) is 31.7 Å². The number of hydrogen-bond donors (Lipinski definition) is 0. The summed E-state index contributed by atoms with van der Waals surface area (Å²) in [5, 5.41) is 0. The van der Waals surface area contributed by atoms with Gasteiger partial charge in [0.1, 0.15) is 0 Å². The van der Waals surface area contributed by atoms with Crippen LogP contribution in [0, 0.1) is 0 Å². The third-order valence-corrected chi connectivity index (χ3v) is 3.14. The lowest BCUT2D eigenvalue weighted by atomic mass is 10.1. The van der Waals surface area contributed by atoms with Crippen LogP contribution < -0.4 is 0 Å². The molecular formula is C12H19F3N2O. The van der Waals surface area contributed by atoms with Crippen LogP contribution in [0.3, 0.4) is 0 Å². The Hall–Kier alpha value is -1.04. The second-order valence-electron chi connectivity index (χ2n) is 4.79. The Morgan fingerprint density at radius 1 is 1.44 bits per heavy atom. The molecule has 3 nitrogen and oxygen atoms in total. The van der Waals surface area contributed by atoms with Crippen LogP contribution in [0.2, 0.25) is 0 Å². The van der Waals surface area contributed by atoms with Gasteiger partial charge in [-0.05, 0) is 19.9 Å². The topological polar surface area (TPSA) is 23.6 Å². The van der Waals surface area contributed by atoms with Gasteiger partial charge in [-0.25, -0.2) is 0 Å². The van der Waals surface area contributed by atoms with Gasteiger partial charge in [0.15, 0.2) is 0 Å². The van der Waals surface area contributed by atoms with Gasteiger partial charge in [-0.1, -0.05) is 6.58 Å². The summed E-state index contributed by atoms with van der Waals surface area (Å²) in [4.78, 5) is 14.7. The molecule has 1 aliphatic heterocycles. The van der Waals surface area contributed by atoms with E-state index >= 15 is 0 Å². The van der Waals surface area contributed by atoms with Crippen LogP contribution in [0.1, 0.15) is 20.3 Å². The van der Waals surface area contributed by atoms with Gasteiger partial charge in [-0.2, -0.15) is 13.2 Å². The van der Waals surface area contributed by atoms with E-state index in [1.54, 1.807) is 4.90 Å². The van der Waals surface area contributed by atoms with E-state index in [9.17, 15) is 18.0 Å². The Balaban J connectivity index is 2.76. The van der Waals surface area contributed by atoms with Crippen LogP contribution in [-0.4, -0.2) is 53.6 Å². The van der Waals surface area contributed by atoms with Gasteiger partial charge in [0.25, 0.3) is 0 Å². The number of piperazine rings is 1. The summed E-state index contributed by atoms with van der Waals surface area (Å²) in [5.41, 5.74) is 0. The lowest BCUT2D eigenvalue weighted by molar-refractivity contribution is -0.157. The molecule has 0 saturated carbocycles. The third kappa shape index (κ3) is 4.01. The predicted molar refractivity (Wildman–Crippen MR) is 63.1 cm³/mol. The molecule has 1 heterocycles. The highest BCUT2D eigenvalue weighted by molar-refractivity contribution is 5.87. The van der Waals surface area contributed by atoms with Crippen molar-refractivity contribution in [2.45, 2.75) is 38.5 Å². The van der Waals surface area contributed by atoms with Crippen molar-refractivity contribution in [3.8, 4) is 0 Å². The maximum atomic E-state index is 12.5. The molecule has 104 valence electrons. The van der Waals surface area contributed by atoms with E-state index in [0.717, 1.165) is 6.08 Å². The van der Waals surface area contributed by atoms with Crippen molar-refractivity contribution in [1.82, 2.24) is 9.80 Å². The second-order valence-corrected chi connectivity index (χ2v) is 4.79. The Kier molecular flexibility index (Phi) is 4.78. The Morgan fingerprint density at radius 3 is 2.50 bits per heavy atom. The van der Waals surface area contributed by atoms with Gasteiger partial charge in [0.05, 0.1) is 6.42 Å². The highest BCUT2D eigenvalue weighted by Gasteiger charge is 2.38. The smallest absolute Gasteiger partial charge is 0.336 e. The fraction of sp³-hybridized carbons (Fsp3) is 0.750. The molecule has 1 amide bonds. The predicted octanol–water partition coefficient (Wildman–Crippen LogP) is 2.05. The summed E-state index contributed by atoms with van der Waals surface area (Å²) < 4.78 is 37.6. The van der Waals surface area contributed by atoms with Crippen molar-refractivity contribution in [2.24, 2.45) is 0 Å². The molecule has 0 N–H and O–H groups in total. The average molecular weight is 264 g/mol. The minimum atomic E-state index is -4.21. The fourth-order valence-corrected chi connectivity index (χ4v) is 2.33. The first kappa shape index (κ1) is 15.0. The van der Waals surface area contributed by atoms with Crippen molar-refractivity contribution in [1.29, 1.82) is 0 Å². The number of nitrogens with zero attached hydrogens (tertiary/aromatic N) is 2. The first-order valence-electron chi connectivity index (χ1n) is 5.98. The minimum Gasteiger partial charge on any atom is -0.336 e.